The van der Waals surface area contributed by atoms with Crippen molar-refractivity contribution in [3.05, 3.63) is 35.2 Å². The van der Waals surface area contributed by atoms with Crippen LogP contribution in [0.5, 0.6) is 0 Å². The van der Waals surface area contributed by atoms with Crippen LogP contribution in [0.2, 0.25) is 5.02 Å². The lowest BCUT2D eigenvalue weighted by Gasteiger charge is -2.38. The maximum absolute atomic E-state index is 5.89. The molecule has 3 rings (SSSR count). The molecule has 2 unspecified atom stereocenters. The quantitative estimate of drug-likeness (QED) is 0.944. The van der Waals surface area contributed by atoms with Gasteiger partial charge in [0.05, 0.1) is 6.54 Å². The molecule has 2 atom stereocenters. The average molecular weight is 307 g/mol. The smallest absolute Gasteiger partial charge is 0.241 e. The minimum atomic E-state index is 0.458. The number of hydrogen-bond donors (Lipinski definition) is 1. The van der Waals surface area contributed by atoms with Crippen molar-refractivity contribution in [3.63, 3.8) is 0 Å². The van der Waals surface area contributed by atoms with E-state index in [1.165, 1.54) is 0 Å². The maximum Gasteiger partial charge on any atom is 0.241 e. The molecular formula is C15H19ClN4O. The number of nitrogens with zero attached hydrogens (tertiary/aromatic N) is 3. The van der Waals surface area contributed by atoms with Crippen LogP contribution in [0.1, 0.15) is 19.7 Å². The molecule has 1 aliphatic rings. The Bertz CT molecular complexity index is 588. The number of hydrogen-bond acceptors (Lipinski definition) is 5. The fourth-order valence-electron chi connectivity index (χ4n) is 2.67. The van der Waals surface area contributed by atoms with Gasteiger partial charge in [-0.15, -0.1) is 0 Å². The van der Waals surface area contributed by atoms with Gasteiger partial charge in [0, 0.05) is 35.8 Å². The molecule has 1 saturated heterocycles. The van der Waals surface area contributed by atoms with E-state index in [9.17, 15) is 0 Å². The predicted molar refractivity (Wildman–Crippen MR) is 82.1 cm³/mol. The van der Waals surface area contributed by atoms with Crippen molar-refractivity contribution in [2.24, 2.45) is 0 Å². The van der Waals surface area contributed by atoms with Crippen LogP contribution < -0.4 is 5.32 Å². The summed E-state index contributed by atoms with van der Waals surface area (Å²) in [5, 5.41) is 8.18. The number of piperazine rings is 1. The van der Waals surface area contributed by atoms with Crippen molar-refractivity contribution < 1.29 is 4.52 Å². The first-order valence-corrected chi connectivity index (χ1v) is 7.56. The van der Waals surface area contributed by atoms with Gasteiger partial charge in [0.15, 0.2) is 0 Å². The second-order valence-corrected chi connectivity index (χ2v) is 5.98. The third-order valence-electron chi connectivity index (χ3n) is 3.90. The Hall–Kier alpha value is -1.43. The maximum atomic E-state index is 5.89. The Labute approximate surface area is 129 Å². The van der Waals surface area contributed by atoms with Gasteiger partial charge < -0.3 is 9.84 Å². The lowest BCUT2D eigenvalue weighted by atomic mass is 10.1. The van der Waals surface area contributed by atoms with Gasteiger partial charge in [-0.2, -0.15) is 4.98 Å². The van der Waals surface area contributed by atoms with Crippen LogP contribution >= 0.6 is 11.6 Å². The van der Waals surface area contributed by atoms with E-state index >= 15 is 0 Å². The highest BCUT2D eigenvalue weighted by molar-refractivity contribution is 6.30. The molecule has 0 aliphatic carbocycles. The van der Waals surface area contributed by atoms with E-state index < -0.39 is 0 Å². The van der Waals surface area contributed by atoms with Crippen LogP contribution in [0.3, 0.4) is 0 Å². The largest absolute Gasteiger partial charge is 0.338 e. The highest BCUT2D eigenvalue weighted by Crippen LogP contribution is 2.20. The summed E-state index contributed by atoms with van der Waals surface area (Å²) in [6.45, 7) is 7.08. The molecule has 112 valence electrons. The lowest BCUT2D eigenvalue weighted by molar-refractivity contribution is 0.0947. The molecule has 0 bridgehead atoms. The van der Waals surface area contributed by atoms with Gasteiger partial charge >= 0.3 is 0 Å². The van der Waals surface area contributed by atoms with E-state index in [0.29, 0.717) is 35.4 Å². The third-order valence-corrected chi connectivity index (χ3v) is 4.15. The highest BCUT2D eigenvalue weighted by atomic mass is 35.5. The van der Waals surface area contributed by atoms with Crippen LogP contribution in [0.15, 0.2) is 28.8 Å². The van der Waals surface area contributed by atoms with E-state index in [4.69, 9.17) is 16.1 Å². The number of aromatic nitrogens is 2. The Kier molecular flexibility index (Phi) is 4.24. The second-order valence-electron chi connectivity index (χ2n) is 5.55. The summed E-state index contributed by atoms with van der Waals surface area (Å²) in [5.74, 6) is 1.26. The molecule has 2 aromatic rings. The van der Waals surface area contributed by atoms with E-state index in [1.807, 2.05) is 24.3 Å². The summed E-state index contributed by atoms with van der Waals surface area (Å²) in [6.07, 6.45) is 0. The van der Waals surface area contributed by atoms with Gasteiger partial charge in [-0.1, -0.05) is 16.8 Å². The minimum absolute atomic E-state index is 0.458. The van der Waals surface area contributed by atoms with Crippen molar-refractivity contribution in [2.45, 2.75) is 32.5 Å². The third kappa shape index (κ3) is 3.26. The van der Waals surface area contributed by atoms with Gasteiger partial charge in [-0.3, -0.25) is 4.90 Å². The summed E-state index contributed by atoms with van der Waals surface area (Å²) in [6, 6.07) is 8.36. The molecule has 0 radical (unpaired) electrons. The number of benzene rings is 1. The SMILES string of the molecule is CC1CNCC(C)N1Cc1nc(-c2ccc(Cl)cc2)no1. The second kappa shape index (κ2) is 6.13. The topological polar surface area (TPSA) is 54.2 Å². The van der Waals surface area contributed by atoms with Gasteiger partial charge in [0.2, 0.25) is 11.7 Å². The zero-order valence-corrected chi connectivity index (χ0v) is 13.0. The first-order valence-electron chi connectivity index (χ1n) is 7.18. The van der Waals surface area contributed by atoms with E-state index in [1.54, 1.807) is 0 Å². The molecule has 0 saturated carbocycles. The molecule has 1 aromatic carbocycles. The molecule has 1 aromatic heterocycles. The van der Waals surface area contributed by atoms with E-state index in [-0.39, 0.29) is 0 Å². The normalized spacial score (nSPS) is 23.4. The Morgan fingerprint density at radius 1 is 1.24 bits per heavy atom. The fourth-order valence-corrected chi connectivity index (χ4v) is 2.80. The number of rotatable bonds is 3. The first-order chi connectivity index (χ1) is 10.1. The summed E-state index contributed by atoms with van der Waals surface area (Å²) >= 11 is 5.89. The Balaban J connectivity index is 1.74. The van der Waals surface area contributed by atoms with Crippen LogP contribution in [0.4, 0.5) is 0 Å². The van der Waals surface area contributed by atoms with Crippen LogP contribution in [-0.4, -0.2) is 40.2 Å². The van der Waals surface area contributed by atoms with Crippen molar-refractivity contribution >= 4 is 11.6 Å². The zero-order chi connectivity index (χ0) is 14.8. The Morgan fingerprint density at radius 2 is 1.90 bits per heavy atom. The molecule has 21 heavy (non-hydrogen) atoms. The molecule has 6 heteroatoms. The van der Waals surface area contributed by atoms with Crippen molar-refractivity contribution in [1.82, 2.24) is 20.4 Å². The minimum Gasteiger partial charge on any atom is -0.338 e. The van der Waals surface area contributed by atoms with E-state index in [0.717, 1.165) is 18.7 Å². The monoisotopic (exact) mass is 306 g/mol. The van der Waals surface area contributed by atoms with Gasteiger partial charge in [0.25, 0.3) is 0 Å². The number of halogens is 1. The molecule has 1 aliphatic heterocycles. The van der Waals surface area contributed by atoms with Gasteiger partial charge in [-0.25, -0.2) is 0 Å². The first kappa shape index (κ1) is 14.5. The van der Waals surface area contributed by atoms with E-state index in [2.05, 4.69) is 34.2 Å². The summed E-state index contributed by atoms with van der Waals surface area (Å²) in [4.78, 5) is 6.87. The van der Waals surface area contributed by atoms with Crippen LogP contribution in [0, 0.1) is 0 Å². The summed E-state index contributed by atoms with van der Waals surface area (Å²) in [5.41, 5.74) is 0.913. The number of nitrogens with one attached hydrogen (secondary N) is 1. The fraction of sp³-hybridized carbons (Fsp3) is 0.467. The highest BCUT2D eigenvalue weighted by Gasteiger charge is 2.26. The average Bonchev–Trinajstić information content (AvgIpc) is 2.92. The van der Waals surface area contributed by atoms with Gasteiger partial charge in [0.1, 0.15) is 0 Å². The molecule has 0 amide bonds. The van der Waals surface area contributed by atoms with Crippen molar-refractivity contribution in [3.8, 4) is 11.4 Å². The lowest BCUT2D eigenvalue weighted by Crippen LogP contribution is -2.54. The standard InChI is InChI=1S/C15H19ClN4O/c1-10-7-17-8-11(2)20(10)9-14-18-15(19-21-14)12-3-5-13(16)6-4-12/h3-6,10-11,17H,7-9H2,1-2H3. The van der Waals surface area contributed by atoms with Crippen LogP contribution in [0.25, 0.3) is 11.4 Å². The summed E-state index contributed by atoms with van der Waals surface area (Å²) in [7, 11) is 0. The molecule has 0 spiro atoms. The van der Waals surface area contributed by atoms with Crippen molar-refractivity contribution in [2.75, 3.05) is 13.1 Å². The molecule has 2 heterocycles. The van der Waals surface area contributed by atoms with Gasteiger partial charge in [-0.05, 0) is 38.1 Å². The predicted octanol–water partition coefficient (Wildman–Crippen LogP) is 2.57. The summed E-state index contributed by atoms with van der Waals surface area (Å²) < 4.78 is 5.39. The van der Waals surface area contributed by atoms with Crippen LogP contribution in [-0.2, 0) is 6.54 Å². The molecule has 1 N–H and O–H groups in total. The molecule has 1 fully saturated rings. The molecular weight excluding hydrogens is 288 g/mol. The van der Waals surface area contributed by atoms with Crippen molar-refractivity contribution in [1.29, 1.82) is 0 Å². The molecule has 5 nitrogen and oxygen atoms in total. The zero-order valence-electron chi connectivity index (χ0n) is 12.2. The Morgan fingerprint density at radius 3 is 2.57 bits per heavy atom.